The number of nitrogens with zero attached hydrogens (tertiary/aromatic N) is 5. The first-order valence-electron chi connectivity index (χ1n) is 19.2. The number of alkyl halides is 1. The fourth-order valence-electron chi connectivity index (χ4n) is 8.02. The summed E-state index contributed by atoms with van der Waals surface area (Å²) in [6.07, 6.45) is 14.6. The molecule has 0 spiro atoms. The molecular formula is C40H53IN5O6-. The molecule has 0 radical (unpaired) electrons. The van der Waals surface area contributed by atoms with Crippen LogP contribution in [0.5, 0.6) is 5.75 Å². The quantitative estimate of drug-likeness (QED) is 0.221. The van der Waals surface area contributed by atoms with E-state index in [4.69, 9.17) is 27.2 Å². The number of carbonyl (C=O) groups excluding carboxylic acids is 2. The molecule has 0 bridgehead atoms. The second-order valence-electron chi connectivity index (χ2n) is 15.8. The molecule has 2 amide bonds. The number of piperidine rings is 1. The summed E-state index contributed by atoms with van der Waals surface area (Å²) in [6, 6.07) is 8.07. The summed E-state index contributed by atoms with van der Waals surface area (Å²) in [5.74, 6) is 3.54. The summed E-state index contributed by atoms with van der Waals surface area (Å²) in [4.78, 5) is 45.5. The molecule has 3 aromatic heterocycles. The fraction of sp³-hybridized carbons (Fsp3) is 0.625. The van der Waals surface area contributed by atoms with E-state index in [1.54, 1.807) is 24.5 Å². The molecule has 7 rings (SSSR count). The van der Waals surface area contributed by atoms with Gasteiger partial charge < -0.3 is 4.74 Å². The molecule has 1 saturated heterocycles. The summed E-state index contributed by atoms with van der Waals surface area (Å²) >= 11 is -0.770. The van der Waals surface area contributed by atoms with Crippen molar-refractivity contribution in [3.05, 3.63) is 54.0 Å². The van der Waals surface area contributed by atoms with E-state index in [0.717, 1.165) is 111 Å². The van der Waals surface area contributed by atoms with Gasteiger partial charge in [-0.2, -0.15) is 0 Å². The minimum atomic E-state index is -0.770. The van der Waals surface area contributed by atoms with Crippen LogP contribution in [0.1, 0.15) is 113 Å². The van der Waals surface area contributed by atoms with Crippen LogP contribution in [0.15, 0.2) is 41.1 Å². The molecule has 282 valence electrons. The van der Waals surface area contributed by atoms with Crippen LogP contribution in [-0.2, 0) is 7.86 Å². The number of ether oxygens (including phenoxy) is 1. The van der Waals surface area contributed by atoms with Crippen molar-refractivity contribution in [1.82, 2.24) is 19.9 Å². The second kappa shape index (κ2) is 16.4. The third-order valence-electron chi connectivity index (χ3n) is 11.9. The number of pyridine rings is 2. The van der Waals surface area contributed by atoms with Gasteiger partial charge in [0.1, 0.15) is 5.75 Å². The molecular weight excluding hydrogens is 773 g/mol. The third-order valence-corrected chi connectivity index (χ3v) is 14.5. The van der Waals surface area contributed by atoms with Crippen LogP contribution in [0.4, 0.5) is 10.6 Å². The molecule has 4 heterocycles. The maximum atomic E-state index is 14.5. The number of carbonyl (C=O) groups is 2. The van der Waals surface area contributed by atoms with Gasteiger partial charge in [-0.05, 0) is 31.9 Å². The van der Waals surface area contributed by atoms with E-state index in [1.165, 1.54) is 0 Å². The number of likely N-dealkylation sites (tertiary alicyclic amines) is 1. The van der Waals surface area contributed by atoms with Crippen LogP contribution >= 0.6 is 0 Å². The summed E-state index contributed by atoms with van der Waals surface area (Å²) in [7, 11) is 1.68. The summed E-state index contributed by atoms with van der Waals surface area (Å²) in [5.41, 5.74) is 3.64. The van der Waals surface area contributed by atoms with E-state index in [0.29, 0.717) is 47.1 Å². The molecule has 4 aliphatic rings. The molecule has 3 aromatic rings. The Morgan fingerprint density at radius 3 is 2.40 bits per heavy atom. The van der Waals surface area contributed by atoms with Gasteiger partial charge >= 0.3 is 253 Å². The molecule has 1 N–H and O–H groups in total. The van der Waals surface area contributed by atoms with Crippen molar-refractivity contribution < 1.29 is 48.5 Å². The first-order chi connectivity index (χ1) is 25.2. The molecule has 3 aliphatic carbocycles. The van der Waals surface area contributed by atoms with Gasteiger partial charge in [-0.15, -0.1) is 0 Å². The average Bonchev–Trinajstić information content (AvgIpc) is 3.92. The van der Waals surface area contributed by atoms with E-state index in [1.807, 2.05) is 30.0 Å². The van der Waals surface area contributed by atoms with E-state index < -0.39 is 21.6 Å². The van der Waals surface area contributed by atoms with Gasteiger partial charge in [0.05, 0.1) is 12.8 Å². The molecule has 4 fully saturated rings. The Balaban J connectivity index is 0.991. The Morgan fingerprint density at radius 2 is 1.73 bits per heavy atom. The molecule has 1 aliphatic heterocycles. The number of methoxy groups -OCH3 is 1. The van der Waals surface area contributed by atoms with E-state index in [9.17, 15) is 14.7 Å². The van der Waals surface area contributed by atoms with Crippen molar-refractivity contribution in [2.75, 3.05) is 38.3 Å². The normalized spacial score (nSPS) is 24.7. The first kappa shape index (κ1) is 37.1. The van der Waals surface area contributed by atoms with Crippen molar-refractivity contribution in [2.45, 2.75) is 107 Å². The molecule has 0 aromatic carbocycles. The minimum absolute atomic E-state index is 0.0870. The Morgan fingerprint density at radius 1 is 1.00 bits per heavy atom. The number of hydrogen-bond acceptors (Lipinski definition) is 9. The predicted molar refractivity (Wildman–Crippen MR) is 193 cm³/mol. The Hall–Kier alpha value is -3.26. The van der Waals surface area contributed by atoms with Gasteiger partial charge in [0.25, 0.3) is 0 Å². The number of aryl methyl sites for hydroxylation is 1. The van der Waals surface area contributed by atoms with Gasteiger partial charge in [0.15, 0.2) is 0 Å². The van der Waals surface area contributed by atoms with Crippen LogP contribution in [0.2, 0.25) is 0 Å². The number of aliphatic hydroxyl groups excluding tert-OH is 1. The standard InChI is InChI=1S/C40H53IN5O6/c1-26-35(50-3)15-14-33(43-26)28-6-4-27(5-7-28)23-46(36-22-31(16-19-42-36)34-24-51-37(44-34)29-8-9-29)38(48)30-10-12-32(13-11-30)41-52-39(49)45-20-17-40(2,25-47)18-21-45/h14-16,19,22,24,27-30,32,47H,4-13,17-18,20-21,23,25H2,1-3H3/q-1. The zero-order valence-corrected chi connectivity index (χ0v) is 32.9. The third kappa shape index (κ3) is 8.75. The Labute approximate surface area is 318 Å². The van der Waals surface area contributed by atoms with Crippen molar-refractivity contribution in [2.24, 2.45) is 17.3 Å². The Bertz CT molecular complexity index is 1690. The number of aromatic nitrogens is 3. The number of anilines is 1. The number of amides is 2. The molecule has 0 unspecified atom stereocenters. The summed E-state index contributed by atoms with van der Waals surface area (Å²) in [5, 5.41) is 9.67. The number of rotatable bonds is 11. The maximum absolute atomic E-state index is 14.5. The topological polar surface area (TPSA) is 131 Å². The van der Waals surface area contributed by atoms with Crippen molar-refractivity contribution in [1.29, 1.82) is 0 Å². The van der Waals surface area contributed by atoms with Crippen LogP contribution in [-0.4, -0.2) is 74.2 Å². The zero-order valence-electron chi connectivity index (χ0n) is 30.8. The first-order valence-corrected chi connectivity index (χ1v) is 21.3. The molecule has 52 heavy (non-hydrogen) atoms. The molecule has 12 heteroatoms. The van der Waals surface area contributed by atoms with Crippen molar-refractivity contribution in [3.8, 4) is 17.0 Å². The van der Waals surface area contributed by atoms with Crippen LogP contribution in [0.25, 0.3) is 11.3 Å². The monoisotopic (exact) mass is 826 g/mol. The molecule has 0 atom stereocenters. The van der Waals surface area contributed by atoms with E-state index in [2.05, 4.69) is 13.0 Å². The molecule has 3 saturated carbocycles. The van der Waals surface area contributed by atoms with Crippen LogP contribution in [0.3, 0.4) is 0 Å². The molecule has 11 nitrogen and oxygen atoms in total. The Kier molecular flexibility index (Phi) is 11.7. The average molecular weight is 827 g/mol. The smallest absolute Gasteiger partial charge is 0.0795 e. The van der Waals surface area contributed by atoms with Crippen LogP contribution < -0.4 is 31.3 Å². The fourth-order valence-corrected chi connectivity index (χ4v) is 10.1. The summed E-state index contributed by atoms with van der Waals surface area (Å²) < 4.78 is 17.5. The van der Waals surface area contributed by atoms with Crippen LogP contribution in [0, 0.1) is 24.2 Å². The number of hydrogen-bond donors (Lipinski definition) is 1. The predicted octanol–water partition coefficient (Wildman–Crippen LogP) is 4.43. The number of aliphatic hydroxyl groups is 1. The zero-order chi connectivity index (χ0) is 36.2. The van der Waals surface area contributed by atoms with Gasteiger partial charge in [0, 0.05) is 5.92 Å². The van der Waals surface area contributed by atoms with Gasteiger partial charge in [0.2, 0.25) is 0 Å². The maximum Gasteiger partial charge on any atom is 0.0795 e. The van der Waals surface area contributed by atoms with Crippen molar-refractivity contribution >= 4 is 17.8 Å². The summed E-state index contributed by atoms with van der Waals surface area (Å²) in [6.45, 7) is 6.11. The largest absolute Gasteiger partial charge is 0.254 e. The van der Waals surface area contributed by atoms with Gasteiger partial charge in [-0.1, -0.05) is 0 Å². The number of halogens is 1. The second-order valence-corrected chi connectivity index (χ2v) is 18.5. The minimum Gasteiger partial charge on any atom is -0.254 e. The van der Waals surface area contributed by atoms with E-state index in [-0.39, 0.29) is 29.9 Å². The van der Waals surface area contributed by atoms with Gasteiger partial charge in [-0.3, -0.25) is 4.98 Å². The van der Waals surface area contributed by atoms with E-state index >= 15 is 0 Å². The van der Waals surface area contributed by atoms with Crippen molar-refractivity contribution in [3.63, 3.8) is 0 Å². The van der Waals surface area contributed by atoms with Gasteiger partial charge in [-0.25, -0.2) is 0 Å². The SMILES string of the molecule is COc1ccc(C2CCC(CN(C(=O)C3CCC([I-]OC(=O)N4CCC(C)(CO)CC4)CC3)c3cc(-c4coc(C5CC5)n4)ccn3)CC2)nc1C. The number of oxazole rings is 1.